The van der Waals surface area contributed by atoms with Gasteiger partial charge in [0.15, 0.2) is 0 Å². The zero-order valence-corrected chi connectivity index (χ0v) is 8.56. The maximum atomic E-state index is 11.3. The molecule has 0 aliphatic carbocycles. The summed E-state index contributed by atoms with van der Waals surface area (Å²) >= 11 is 0. The highest BCUT2D eigenvalue weighted by molar-refractivity contribution is 7.84. The van der Waals surface area contributed by atoms with E-state index in [4.69, 9.17) is 5.73 Å². The van der Waals surface area contributed by atoms with E-state index in [1.165, 1.54) is 6.20 Å². The maximum Gasteiger partial charge on any atom is 0.271 e. The lowest BCUT2D eigenvalue weighted by atomic mass is 10.3. The predicted molar refractivity (Wildman–Crippen MR) is 54.3 cm³/mol. The normalized spacial score (nSPS) is 12.4. The number of rotatable bonds is 4. The van der Waals surface area contributed by atoms with Crippen LogP contribution in [0.15, 0.2) is 6.20 Å². The van der Waals surface area contributed by atoms with Crippen molar-refractivity contribution in [3.63, 3.8) is 0 Å². The smallest absolute Gasteiger partial charge is 0.271 e. The van der Waals surface area contributed by atoms with Gasteiger partial charge in [0.05, 0.1) is 11.9 Å². The number of hydrogen-bond donors (Lipinski definition) is 3. The van der Waals surface area contributed by atoms with E-state index in [1.54, 1.807) is 6.26 Å². The van der Waals surface area contributed by atoms with Crippen molar-refractivity contribution in [2.45, 2.75) is 0 Å². The highest BCUT2D eigenvalue weighted by Gasteiger charge is 2.10. The Morgan fingerprint density at radius 2 is 2.50 bits per heavy atom. The van der Waals surface area contributed by atoms with Gasteiger partial charge in [0.25, 0.3) is 5.91 Å². The van der Waals surface area contributed by atoms with Gasteiger partial charge in [0.2, 0.25) is 0 Å². The summed E-state index contributed by atoms with van der Waals surface area (Å²) in [7, 11) is -0.906. The standard InChI is InChI=1S/C7H12N4O2S/c1-14(13)3-2-9-7(12)6-5(8)4-10-11-6/h4H,2-3,8H2,1H3,(H,9,12)(H,10,11). The van der Waals surface area contributed by atoms with Crippen LogP contribution in [-0.2, 0) is 10.8 Å². The summed E-state index contributed by atoms with van der Waals surface area (Å²) in [5.74, 6) is 0.102. The van der Waals surface area contributed by atoms with Gasteiger partial charge in [-0.25, -0.2) is 0 Å². The Kier molecular flexibility index (Phi) is 3.63. The SMILES string of the molecule is CS(=O)CCNC(=O)c1[nH]ncc1N. The van der Waals surface area contributed by atoms with E-state index >= 15 is 0 Å². The molecule has 1 unspecified atom stereocenters. The molecule has 0 saturated carbocycles. The molecule has 0 aliphatic heterocycles. The predicted octanol–water partition coefficient (Wildman–Crippen LogP) is -0.900. The van der Waals surface area contributed by atoms with E-state index in [-0.39, 0.29) is 11.6 Å². The van der Waals surface area contributed by atoms with Gasteiger partial charge in [0, 0.05) is 29.4 Å². The third-order valence-electron chi connectivity index (χ3n) is 1.57. The summed E-state index contributed by atoms with van der Waals surface area (Å²) in [5, 5.41) is 8.67. The molecule has 1 aromatic heterocycles. The molecule has 6 nitrogen and oxygen atoms in total. The summed E-state index contributed by atoms with van der Waals surface area (Å²) in [6, 6.07) is 0. The highest BCUT2D eigenvalue weighted by atomic mass is 32.2. The van der Waals surface area contributed by atoms with Crippen LogP contribution in [0, 0.1) is 0 Å². The molecule has 0 fully saturated rings. The topological polar surface area (TPSA) is 101 Å². The van der Waals surface area contributed by atoms with Crippen LogP contribution in [0.25, 0.3) is 0 Å². The van der Waals surface area contributed by atoms with Gasteiger partial charge in [-0.05, 0) is 0 Å². The molecule has 4 N–H and O–H groups in total. The van der Waals surface area contributed by atoms with Crippen molar-refractivity contribution in [1.82, 2.24) is 15.5 Å². The van der Waals surface area contributed by atoms with Gasteiger partial charge in [-0.2, -0.15) is 5.10 Å². The van der Waals surface area contributed by atoms with E-state index in [2.05, 4.69) is 15.5 Å². The van der Waals surface area contributed by atoms with Crippen LogP contribution in [0.5, 0.6) is 0 Å². The minimum Gasteiger partial charge on any atom is -0.396 e. The summed E-state index contributed by atoms with van der Waals surface area (Å²) in [4.78, 5) is 11.3. The van der Waals surface area contributed by atoms with Crippen molar-refractivity contribution >= 4 is 22.4 Å². The van der Waals surface area contributed by atoms with E-state index in [1.807, 2.05) is 0 Å². The Morgan fingerprint density at radius 3 is 3.00 bits per heavy atom. The van der Waals surface area contributed by atoms with E-state index in [0.29, 0.717) is 18.0 Å². The zero-order valence-electron chi connectivity index (χ0n) is 7.74. The number of aromatic nitrogens is 2. The number of nitrogens with two attached hydrogens (primary N) is 1. The summed E-state index contributed by atoms with van der Waals surface area (Å²) < 4.78 is 10.7. The number of nitrogens with zero attached hydrogens (tertiary/aromatic N) is 1. The fraction of sp³-hybridized carbons (Fsp3) is 0.429. The van der Waals surface area contributed by atoms with Crippen LogP contribution in [0.3, 0.4) is 0 Å². The first-order valence-corrected chi connectivity index (χ1v) is 5.71. The molecule has 1 amide bonds. The van der Waals surface area contributed by atoms with Crippen LogP contribution in [0.1, 0.15) is 10.5 Å². The lowest BCUT2D eigenvalue weighted by Gasteiger charge is -2.01. The van der Waals surface area contributed by atoms with E-state index in [0.717, 1.165) is 0 Å². The van der Waals surface area contributed by atoms with Crippen molar-refractivity contribution < 1.29 is 9.00 Å². The van der Waals surface area contributed by atoms with Crippen molar-refractivity contribution in [3.05, 3.63) is 11.9 Å². The molecule has 0 aliphatic rings. The summed E-state index contributed by atoms with van der Waals surface area (Å²) in [6.45, 7) is 0.362. The lowest BCUT2D eigenvalue weighted by Crippen LogP contribution is -2.28. The molecule has 1 heterocycles. The minimum atomic E-state index is -0.906. The average molecular weight is 216 g/mol. The van der Waals surface area contributed by atoms with Crippen LogP contribution in [-0.4, -0.2) is 38.9 Å². The van der Waals surface area contributed by atoms with Crippen molar-refractivity contribution in [3.8, 4) is 0 Å². The molecule has 14 heavy (non-hydrogen) atoms. The number of H-pyrrole nitrogens is 1. The van der Waals surface area contributed by atoms with Gasteiger partial charge >= 0.3 is 0 Å². The molecular weight excluding hydrogens is 204 g/mol. The zero-order chi connectivity index (χ0) is 10.6. The Bertz CT molecular complexity index is 349. The van der Waals surface area contributed by atoms with Gasteiger partial charge in [0.1, 0.15) is 5.69 Å². The molecule has 0 aromatic carbocycles. The number of amides is 1. The van der Waals surface area contributed by atoms with Gasteiger partial charge in [-0.1, -0.05) is 0 Å². The van der Waals surface area contributed by atoms with E-state index < -0.39 is 10.8 Å². The number of aromatic amines is 1. The number of hydrogen-bond acceptors (Lipinski definition) is 4. The Labute approximate surface area is 83.7 Å². The molecule has 0 spiro atoms. The number of nitrogen functional groups attached to an aromatic ring is 1. The first-order chi connectivity index (χ1) is 6.61. The Hall–Kier alpha value is -1.37. The fourth-order valence-electron chi connectivity index (χ4n) is 0.874. The highest BCUT2D eigenvalue weighted by Crippen LogP contribution is 2.04. The van der Waals surface area contributed by atoms with Crippen LogP contribution >= 0.6 is 0 Å². The monoisotopic (exact) mass is 216 g/mol. The molecule has 0 bridgehead atoms. The molecule has 1 aromatic rings. The molecule has 78 valence electrons. The second kappa shape index (κ2) is 4.75. The van der Waals surface area contributed by atoms with Gasteiger partial charge in [-0.15, -0.1) is 0 Å². The van der Waals surface area contributed by atoms with Crippen molar-refractivity contribution in [2.75, 3.05) is 24.3 Å². The second-order valence-corrected chi connectivity index (χ2v) is 4.29. The maximum absolute atomic E-state index is 11.3. The lowest BCUT2D eigenvalue weighted by molar-refractivity contribution is 0.0952. The molecule has 0 radical (unpaired) electrons. The van der Waals surface area contributed by atoms with Crippen molar-refractivity contribution in [2.24, 2.45) is 0 Å². The third-order valence-corrected chi connectivity index (χ3v) is 2.35. The summed E-state index contributed by atoms with van der Waals surface area (Å²) in [5.41, 5.74) is 6.01. The van der Waals surface area contributed by atoms with E-state index in [9.17, 15) is 9.00 Å². The average Bonchev–Trinajstić information content (AvgIpc) is 2.50. The molecule has 1 atom stereocenters. The van der Waals surface area contributed by atoms with Crippen LogP contribution in [0.2, 0.25) is 0 Å². The Morgan fingerprint density at radius 1 is 1.79 bits per heavy atom. The molecule has 1 rings (SSSR count). The molecule has 0 saturated heterocycles. The fourth-order valence-corrected chi connectivity index (χ4v) is 1.26. The number of anilines is 1. The third kappa shape index (κ3) is 2.84. The largest absolute Gasteiger partial charge is 0.396 e. The first kappa shape index (κ1) is 10.7. The Balaban J connectivity index is 2.44. The van der Waals surface area contributed by atoms with Crippen LogP contribution < -0.4 is 11.1 Å². The van der Waals surface area contributed by atoms with Crippen molar-refractivity contribution in [1.29, 1.82) is 0 Å². The second-order valence-electron chi connectivity index (χ2n) is 2.73. The molecule has 7 heteroatoms. The van der Waals surface area contributed by atoms with Gasteiger partial charge in [-0.3, -0.25) is 14.1 Å². The summed E-state index contributed by atoms with van der Waals surface area (Å²) in [6.07, 6.45) is 2.95. The molecular formula is C7H12N4O2S. The number of carbonyl (C=O) groups is 1. The van der Waals surface area contributed by atoms with Gasteiger partial charge < -0.3 is 11.1 Å². The van der Waals surface area contributed by atoms with Crippen LogP contribution in [0.4, 0.5) is 5.69 Å². The quantitative estimate of drug-likeness (QED) is 0.607. The number of nitrogens with one attached hydrogen (secondary N) is 2. The first-order valence-electron chi connectivity index (χ1n) is 3.98. The number of carbonyl (C=O) groups excluding carboxylic acids is 1. The minimum absolute atomic E-state index is 0.242.